The predicted octanol–water partition coefficient (Wildman–Crippen LogP) is 4.46. The highest BCUT2D eigenvalue weighted by molar-refractivity contribution is 6.30. The minimum absolute atomic E-state index is 0.190. The van der Waals surface area contributed by atoms with Gasteiger partial charge in [-0.05, 0) is 42.5 Å². The first-order chi connectivity index (χ1) is 12.7. The predicted molar refractivity (Wildman–Crippen MR) is 99.5 cm³/mol. The lowest BCUT2D eigenvalue weighted by Gasteiger charge is -2.09. The molecule has 0 aliphatic carbocycles. The molecule has 1 aromatic heterocycles. The highest BCUT2D eigenvalue weighted by Crippen LogP contribution is 2.34. The number of hydrogen-bond donors (Lipinski definition) is 2. The zero-order valence-corrected chi connectivity index (χ0v) is 14.3. The van der Waals surface area contributed by atoms with Crippen LogP contribution in [0, 0.1) is 0 Å². The number of halogens is 1. The Bertz CT molecular complexity index is 960. The van der Waals surface area contributed by atoms with Gasteiger partial charge in [0.15, 0.2) is 11.5 Å². The van der Waals surface area contributed by atoms with Crippen LogP contribution in [0.15, 0.2) is 60.9 Å². The van der Waals surface area contributed by atoms with E-state index in [4.69, 9.17) is 21.1 Å². The molecule has 7 heteroatoms. The van der Waals surface area contributed by atoms with E-state index in [1.807, 2.05) is 12.1 Å². The minimum Gasteiger partial charge on any atom is -0.454 e. The van der Waals surface area contributed by atoms with E-state index in [0.29, 0.717) is 33.5 Å². The Morgan fingerprint density at radius 2 is 1.69 bits per heavy atom. The van der Waals surface area contributed by atoms with Gasteiger partial charge in [0, 0.05) is 28.7 Å². The summed E-state index contributed by atoms with van der Waals surface area (Å²) in [7, 11) is 0. The Morgan fingerprint density at radius 3 is 2.54 bits per heavy atom. The summed E-state index contributed by atoms with van der Waals surface area (Å²) in [5, 5.41) is 6.67. The molecular weight excluding hydrogens is 354 g/mol. The zero-order chi connectivity index (χ0) is 17.9. The molecule has 1 amide bonds. The highest BCUT2D eigenvalue weighted by Gasteiger charge is 2.15. The second-order valence-corrected chi connectivity index (χ2v) is 6.05. The summed E-state index contributed by atoms with van der Waals surface area (Å²) in [6.07, 6.45) is 3.15. The van der Waals surface area contributed by atoms with E-state index < -0.39 is 0 Å². The van der Waals surface area contributed by atoms with Crippen molar-refractivity contribution < 1.29 is 14.3 Å². The smallest absolute Gasteiger partial charge is 0.257 e. The van der Waals surface area contributed by atoms with Crippen molar-refractivity contribution in [2.75, 3.05) is 17.4 Å². The molecule has 1 aliphatic heterocycles. The molecule has 26 heavy (non-hydrogen) atoms. The fourth-order valence-corrected chi connectivity index (χ4v) is 2.64. The van der Waals surface area contributed by atoms with Gasteiger partial charge in [-0.1, -0.05) is 11.6 Å². The molecule has 0 spiro atoms. The van der Waals surface area contributed by atoms with Crippen LogP contribution >= 0.6 is 11.6 Å². The van der Waals surface area contributed by atoms with Crippen LogP contribution in [0.25, 0.3) is 0 Å². The molecule has 130 valence electrons. The number of nitrogens with one attached hydrogen (secondary N) is 2. The number of amides is 1. The van der Waals surface area contributed by atoms with Crippen molar-refractivity contribution in [3.63, 3.8) is 0 Å². The third-order valence-electron chi connectivity index (χ3n) is 3.76. The third-order valence-corrected chi connectivity index (χ3v) is 4.02. The van der Waals surface area contributed by atoms with Crippen LogP contribution in [-0.2, 0) is 0 Å². The van der Waals surface area contributed by atoms with Crippen molar-refractivity contribution in [1.82, 2.24) is 4.98 Å². The largest absolute Gasteiger partial charge is 0.454 e. The maximum Gasteiger partial charge on any atom is 0.257 e. The quantitative estimate of drug-likeness (QED) is 0.712. The summed E-state index contributed by atoms with van der Waals surface area (Å²) >= 11 is 5.88. The van der Waals surface area contributed by atoms with E-state index in [-0.39, 0.29) is 12.7 Å². The Labute approximate surface area is 154 Å². The Kier molecular flexibility index (Phi) is 4.33. The fraction of sp³-hybridized carbons (Fsp3) is 0.0526. The molecule has 0 unspecified atom stereocenters. The third kappa shape index (κ3) is 3.55. The Hall–Kier alpha value is -3.25. The van der Waals surface area contributed by atoms with Crippen LogP contribution < -0.4 is 20.1 Å². The molecule has 0 fully saturated rings. The number of fused-ring (bicyclic) bond motifs is 1. The first-order valence-electron chi connectivity index (χ1n) is 7.86. The van der Waals surface area contributed by atoms with Gasteiger partial charge in [-0.25, -0.2) is 0 Å². The number of hydrogen-bond acceptors (Lipinski definition) is 5. The second kappa shape index (κ2) is 6.93. The number of benzene rings is 2. The lowest BCUT2D eigenvalue weighted by Crippen LogP contribution is -2.12. The van der Waals surface area contributed by atoms with Gasteiger partial charge in [0.25, 0.3) is 5.91 Å². The summed E-state index contributed by atoms with van der Waals surface area (Å²) in [6.45, 7) is 0.190. The monoisotopic (exact) mass is 367 g/mol. The molecule has 0 saturated carbocycles. The molecule has 6 nitrogen and oxygen atoms in total. The number of nitrogens with zero attached hydrogens (tertiary/aromatic N) is 1. The molecule has 2 aromatic carbocycles. The number of pyridine rings is 1. The fourth-order valence-electron chi connectivity index (χ4n) is 2.51. The number of aromatic nitrogens is 1. The molecule has 4 rings (SSSR count). The summed E-state index contributed by atoms with van der Waals surface area (Å²) < 4.78 is 10.6. The van der Waals surface area contributed by atoms with Gasteiger partial charge in [0.05, 0.1) is 17.4 Å². The lowest BCUT2D eigenvalue weighted by molar-refractivity contribution is 0.102. The SMILES string of the molecule is O=C(Nc1ccc2c(c1)OCO2)c1cncc(Nc2ccc(Cl)cc2)c1. The van der Waals surface area contributed by atoms with E-state index in [9.17, 15) is 4.79 Å². The topological polar surface area (TPSA) is 72.5 Å². The summed E-state index contributed by atoms with van der Waals surface area (Å²) in [5.74, 6) is 1.01. The van der Waals surface area contributed by atoms with E-state index in [0.717, 1.165) is 5.69 Å². The first-order valence-corrected chi connectivity index (χ1v) is 8.24. The van der Waals surface area contributed by atoms with Gasteiger partial charge in [-0.15, -0.1) is 0 Å². The van der Waals surface area contributed by atoms with E-state index in [2.05, 4.69) is 15.6 Å². The van der Waals surface area contributed by atoms with Gasteiger partial charge in [0.2, 0.25) is 6.79 Å². The summed E-state index contributed by atoms with van der Waals surface area (Å²) in [5.41, 5.74) is 2.60. The van der Waals surface area contributed by atoms with Crippen LogP contribution in [0.5, 0.6) is 11.5 Å². The standard InChI is InChI=1S/C19H14ClN3O3/c20-13-1-3-14(4-2-13)22-16-7-12(9-21-10-16)19(24)23-15-5-6-17-18(8-15)26-11-25-17/h1-10,22H,11H2,(H,23,24). The normalized spacial score (nSPS) is 11.9. The van der Waals surface area contributed by atoms with Crippen LogP contribution in [0.3, 0.4) is 0 Å². The van der Waals surface area contributed by atoms with Crippen molar-refractivity contribution in [2.24, 2.45) is 0 Å². The van der Waals surface area contributed by atoms with Gasteiger partial charge < -0.3 is 20.1 Å². The first kappa shape index (κ1) is 16.2. The maximum absolute atomic E-state index is 12.5. The molecule has 0 saturated heterocycles. The average Bonchev–Trinajstić information content (AvgIpc) is 3.12. The Balaban J connectivity index is 1.48. The van der Waals surface area contributed by atoms with Crippen LogP contribution in [0.2, 0.25) is 5.02 Å². The molecule has 1 aliphatic rings. The molecule has 0 radical (unpaired) electrons. The van der Waals surface area contributed by atoms with Gasteiger partial charge >= 0.3 is 0 Å². The maximum atomic E-state index is 12.5. The van der Waals surface area contributed by atoms with Crippen molar-refractivity contribution in [1.29, 1.82) is 0 Å². The van der Waals surface area contributed by atoms with Crippen molar-refractivity contribution in [3.05, 3.63) is 71.5 Å². The van der Waals surface area contributed by atoms with Crippen LogP contribution in [-0.4, -0.2) is 17.7 Å². The minimum atomic E-state index is -0.267. The summed E-state index contributed by atoms with van der Waals surface area (Å²) in [4.78, 5) is 16.6. The van der Waals surface area contributed by atoms with Gasteiger partial charge in [-0.3, -0.25) is 9.78 Å². The molecule has 2 N–H and O–H groups in total. The summed E-state index contributed by atoms with van der Waals surface area (Å²) in [6, 6.07) is 14.2. The average molecular weight is 368 g/mol. The van der Waals surface area contributed by atoms with Gasteiger partial charge in [0.1, 0.15) is 0 Å². The number of rotatable bonds is 4. The van der Waals surface area contributed by atoms with Crippen LogP contribution in [0.1, 0.15) is 10.4 Å². The number of carbonyl (C=O) groups is 1. The Morgan fingerprint density at radius 1 is 0.923 bits per heavy atom. The van der Waals surface area contributed by atoms with E-state index >= 15 is 0 Å². The second-order valence-electron chi connectivity index (χ2n) is 5.62. The van der Waals surface area contributed by atoms with Crippen LogP contribution in [0.4, 0.5) is 17.1 Å². The number of ether oxygens (including phenoxy) is 2. The number of anilines is 3. The number of carbonyl (C=O) groups excluding carboxylic acids is 1. The molecule has 3 aromatic rings. The lowest BCUT2D eigenvalue weighted by atomic mass is 10.2. The molecule has 0 atom stereocenters. The molecular formula is C19H14ClN3O3. The van der Waals surface area contributed by atoms with Crippen molar-refractivity contribution in [3.8, 4) is 11.5 Å². The van der Waals surface area contributed by atoms with Crippen molar-refractivity contribution in [2.45, 2.75) is 0 Å². The van der Waals surface area contributed by atoms with E-state index in [1.54, 1.807) is 42.6 Å². The molecule has 2 heterocycles. The molecule has 0 bridgehead atoms. The highest BCUT2D eigenvalue weighted by atomic mass is 35.5. The zero-order valence-electron chi connectivity index (χ0n) is 13.5. The van der Waals surface area contributed by atoms with E-state index in [1.165, 1.54) is 6.20 Å². The van der Waals surface area contributed by atoms with Gasteiger partial charge in [-0.2, -0.15) is 0 Å². The van der Waals surface area contributed by atoms with Crippen molar-refractivity contribution >= 4 is 34.6 Å².